The fourth-order valence-electron chi connectivity index (χ4n) is 1.82. The van der Waals surface area contributed by atoms with Gasteiger partial charge < -0.3 is 9.26 Å². The van der Waals surface area contributed by atoms with Crippen LogP contribution in [0.3, 0.4) is 0 Å². The molecule has 0 fully saturated rings. The maximum atomic E-state index is 12.7. The minimum atomic E-state index is -4.66. The Morgan fingerprint density at radius 1 is 1.08 bits per heavy atom. The molecule has 124 valence electrons. The molecule has 2 aromatic heterocycles. The van der Waals surface area contributed by atoms with Gasteiger partial charge in [-0.05, 0) is 12.1 Å². The molecule has 0 radical (unpaired) electrons. The van der Waals surface area contributed by atoms with E-state index in [0.29, 0.717) is 5.02 Å². The monoisotopic (exact) mass is 375 g/mol. The third-order valence-corrected chi connectivity index (χ3v) is 3.33. The number of rotatable bonds is 3. The molecule has 2 heterocycles. The highest BCUT2D eigenvalue weighted by atomic mass is 35.5. The third kappa shape index (κ3) is 3.44. The first-order valence-electron chi connectivity index (χ1n) is 6.33. The van der Waals surface area contributed by atoms with Crippen LogP contribution in [0.5, 0.6) is 11.8 Å². The fourth-order valence-corrected chi connectivity index (χ4v) is 2.18. The molecule has 0 saturated heterocycles. The van der Waals surface area contributed by atoms with Crippen molar-refractivity contribution >= 4 is 23.2 Å². The Bertz CT molecular complexity index is 866. The predicted molar refractivity (Wildman–Crippen MR) is 79.1 cm³/mol. The number of hydrogen-bond acceptors (Lipinski definition) is 5. The van der Waals surface area contributed by atoms with Crippen molar-refractivity contribution in [1.82, 2.24) is 15.1 Å². The maximum absolute atomic E-state index is 12.7. The van der Waals surface area contributed by atoms with Gasteiger partial charge in [0.05, 0.1) is 28.0 Å². The summed E-state index contributed by atoms with van der Waals surface area (Å²) in [6.45, 7) is 0. The number of ether oxygens (including phenoxy) is 1. The summed E-state index contributed by atoms with van der Waals surface area (Å²) in [6.07, 6.45) is -2.04. The highest BCUT2D eigenvalue weighted by Gasteiger charge is 2.36. The van der Waals surface area contributed by atoms with E-state index in [0.717, 1.165) is 6.07 Å². The van der Waals surface area contributed by atoms with Gasteiger partial charge in [0, 0.05) is 6.07 Å². The lowest BCUT2D eigenvalue weighted by Gasteiger charge is -2.09. The largest absolute Gasteiger partial charge is 0.452 e. The summed E-state index contributed by atoms with van der Waals surface area (Å²) in [5.41, 5.74) is -0.00569. The molecule has 3 rings (SSSR count). The highest BCUT2D eigenvalue weighted by molar-refractivity contribution is 6.33. The summed E-state index contributed by atoms with van der Waals surface area (Å²) in [5.74, 6) is -1.13. The average molecular weight is 376 g/mol. The summed E-state index contributed by atoms with van der Waals surface area (Å²) >= 11 is 11.8. The normalized spacial score (nSPS) is 11.5. The Hall–Kier alpha value is -2.32. The minimum Gasteiger partial charge on any atom is -0.424 e. The van der Waals surface area contributed by atoms with Crippen molar-refractivity contribution in [2.75, 3.05) is 0 Å². The smallest absolute Gasteiger partial charge is 0.424 e. The number of aromatic nitrogens is 3. The van der Waals surface area contributed by atoms with E-state index in [2.05, 4.69) is 19.6 Å². The molecule has 0 unspecified atom stereocenters. The lowest BCUT2D eigenvalue weighted by molar-refractivity contribution is -0.155. The van der Waals surface area contributed by atoms with Gasteiger partial charge in [-0.3, -0.25) is 0 Å². The van der Waals surface area contributed by atoms with E-state index in [1.165, 1.54) is 24.5 Å². The number of nitrogens with zero attached hydrogens (tertiary/aromatic N) is 3. The van der Waals surface area contributed by atoms with Crippen LogP contribution in [-0.4, -0.2) is 15.1 Å². The van der Waals surface area contributed by atoms with E-state index in [1.54, 1.807) is 6.07 Å². The maximum Gasteiger partial charge on any atom is 0.452 e. The van der Waals surface area contributed by atoms with Gasteiger partial charge in [-0.1, -0.05) is 34.4 Å². The van der Waals surface area contributed by atoms with E-state index >= 15 is 0 Å². The predicted octanol–water partition coefficient (Wildman–Crippen LogP) is 5.25. The number of halogens is 5. The van der Waals surface area contributed by atoms with Crippen LogP contribution in [0.25, 0.3) is 11.3 Å². The molecule has 3 aromatic rings. The van der Waals surface area contributed by atoms with Gasteiger partial charge >= 0.3 is 12.2 Å². The van der Waals surface area contributed by atoms with Gasteiger partial charge in [0.15, 0.2) is 0 Å². The highest BCUT2D eigenvalue weighted by Crippen LogP contribution is 2.40. The number of benzene rings is 1. The van der Waals surface area contributed by atoms with Crippen molar-refractivity contribution in [3.63, 3.8) is 0 Å². The topological polar surface area (TPSA) is 61.0 Å². The zero-order valence-corrected chi connectivity index (χ0v) is 13.0. The van der Waals surface area contributed by atoms with Crippen LogP contribution in [0.2, 0.25) is 10.0 Å². The van der Waals surface area contributed by atoms with Crippen molar-refractivity contribution in [2.24, 2.45) is 0 Å². The second-order valence-corrected chi connectivity index (χ2v) is 5.32. The molecule has 0 aliphatic heterocycles. The Morgan fingerprint density at radius 2 is 1.79 bits per heavy atom. The fraction of sp³-hybridized carbons (Fsp3) is 0.0714. The van der Waals surface area contributed by atoms with Gasteiger partial charge in [0.25, 0.3) is 0 Å². The minimum absolute atomic E-state index is 0.0533. The molecule has 0 atom stereocenters. The summed E-state index contributed by atoms with van der Waals surface area (Å²) < 4.78 is 47.8. The van der Waals surface area contributed by atoms with Crippen LogP contribution in [0.1, 0.15) is 5.76 Å². The molecule has 0 aliphatic carbocycles. The van der Waals surface area contributed by atoms with Crippen LogP contribution >= 0.6 is 23.2 Å². The lowest BCUT2D eigenvalue weighted by atomic mass is 10.1. The SMILES string of the molecule is FC(F)(F)c1cc(-c2c(Cl)cccc2Oc2ncc(Cl)cn2)no1. The van der Waals surface area contributed by atoms with E-state index < -0.39 is 11.9 Å². The summed E-state index contributed by atoms with van der Waals surface area (Å²) in [7, 11) is 0. The Balaban J connectivity index is 2.01. The standard InChI is InChI=1S/C14H6Cl2F3N3O2/c15-7-5-20-13(21-6-7)23-10-3-1-2-8(16)12(10)9-4-11(24-22-9)14(17,18)19/h1-6H. The molecular weight excluding hydrogens is 370 g/mol. The Kier molecular flexibility index (Phi) is 4.33. The average Bonchev–Trinajstić information content (AvgIpc) is 2.99. The van der Waals surface area contributed by atoms with E-state index in [-0.39, 0.29) is 28.0 Å². The molecule has 24 heavy (non-hydrogen) atoms. The van der Waals surface area contributed by atoms with Crippen molar-refractivity contribution in [2.45, 2.75) is 6.18 Å². The summed E-state index contributed by atoms with van der Waals surface area (Å²) in [5, 5.41) is 3.84. The van der Waals surface area contributed by atoms with Crippen molar-refractivity contribution in [1.29, 1.82) is 0 Å². The third-order valence-electron chi connectivity index (χ3n) is 2.82. The van der Waals surface area contributed by atoms with Crippen molar-refractivity contribution in [3.05, 3.63) is 52.5 Å². The van der Waals surface area contributed by atoms with Crippen molar-refractivity contribution < 1.29 is 22.4 Å². The van der Waals surface area contributed by atoms with Gasteiger partial charge in [0.1, 0.15) is 11.4 Å². The van der Waals surface area contributed by atoms with Crippen molar-refractivity contribution in [3.8, 4) is 23.0 Å². The zero-order chi connectivity index (χ0) is 17.3. The second-order valence-electron chi connectivity index (χ2n) is 4.47. The number of alkyl halides is 3. The van der Waals surface area contributed by atoms with Crippen LogP contribution in [0.15, 0.2) is 41.2 Å². The van der Waals surface area contributed by atoms with Gasteiger partial charge in [-0.15, -0.1) is 0 Å². The molecule has 0 spiro atoms. The van der Waals surface area contributed by atoms with E-state index in [9.17, 15) is 13.2 Å². The van der Waals surface area contributed by atoms with E-state index in [1.807, 2.05) is 0 Å². The first-order valence-corrected chi connectivity index (χ1v) is 7.08. The molecular formula is C14H6Cl2F3N3O2. The zero-order valence-electron chi connectivity index (χ0n) is 11.5. The molecule has 0 saturated carbocycles. The Morgan fingerprint density at radius 3 is 2.42 bits per heavy atom. The summed E-state index contributed by atoms with van der Waals surface area (Å²) in [6, 6.07) is 5.20. The first kappa shape index (κ1) is 16.5. The van der Waals surface area contributed by atoms with Crippen LogP contribution in [0.4, 0.5) is 13.2 Å². The molecule has 0 bridgehead atoms. The van der Waals surface area contributed by atoms with Crippen LogP contribution in [0, 0.1) is 0 Å². The van der Waals surface area contributed by atoms with E-state index in [4.69, 9.17) is 27.9 Å². The lowest BCUT2D eigenvalue weighted by Crippen LogP contribution is -2.02. The first-order chi connectivity index (χ1) is 11.3. The second kappa shape index (κ2) is 6.29. The molecule has 10 heteroatoms. The molecule has 1 aromatic carbocycles. The molecule has 0 aliphatic rings. The molecule has 5 nitrogen and oxygen atoms in total. The number of hydrogen-bond donors (Lipinski definition) is 0. The van der Waals surface area contributed by atoms with Crippen LogP contribution in [-0.2, 0) is 6.18 Å². The molecule has 0 N–H and O–H groups in total. The quantitative estimate of drug-likeness (QED) is 0.625. The van der Waals surface area contributed by atoms with Gasteiger partial charge in [-0.2, -0.15) is 13.2 Å². The Labute approximate surface area is 143 Å². The van der Waals surface area contributed by atoms with Crippen LogP contribution < -0.4 is 4.74 Å². The van der Waals surface area contributed by atoms with Gasteiger partial charge in [-0.25, -0.2) is 9.97 Å². The molecule has 0 amide bonds. The summed E-state index contributed by atoms with van der Waals surface area (Å²) in [4.78, 5) is 7.70. The van der Waals surface area contributed by atoms with Gasteiger partial charge in [0.2, 0.25) is 5.76 Å².